The smallest absolute Gasteiger partial charge is 0.416 e. The van der Waals surface area contributed by atoms with E-state index in [4.69, 9.17) is 15.9 Å². The van der Waals surface area contributed by atoms with Crippen molar-refractivity contribution in [2.24, 2.45) is 5.73 Å². The maximum absolute atomic E-state index is 12.6. The zero-order chi connectivity index (χ0) is 12.5. The zero-order valence-corrected chi connectivity index (χ0v) is 8.54. The second-order valence-electron chi connectivity index (χ2n) is 3.68. The highest BCUT2D eigenvalue weighted by Crippen LogP contribution is 2.38. The summed E-state index contributed by atoms with van der Waals surface area (Å²) >= 11 is 0. The van der Waals surface area contributed by atoms with Crippen LogP contribution in [-0.4, -0.2) is 16.3 Å². The van der Waals surface area contributed by atoms with Crippen molar-refractivity contribution in [3.05, 3.63) is 23.3 Å². The van der Waals surface area contributed by atoms with E-state index in [0.717, 1.165) is 6.07 Å². The van der Waals surface area contributed by atoms with Gasteiger partial charge in [-0.25, -0.2) is 0 Å². The number of hydrogen-bond donors (Lipinski definition) is 3. The average molecular weight is 235 g/mol. The second-order valence-corrected chi connectivity index (χ2v) is 3.68. The Labute approximate surface area is 90.3 Å². The van der Waals surface area contributed by atoms with E-state index in [1.54, 1.807) is 6.92 Å². The Bertz CT molecular complexity index is 388. The molecule has 0 fully saturated rings. The number of hydrogen-bond acceptors (Lipinski definition) is 3. The summed E-state index contributed by atoms with van der Waals surface area (Å²) in [6.07, 6.45) is -4.60. The van der Waals surface area contributed by atoms with Crippen LogP contribution in [0.4, 0.5) is 13.2 Å². The molecule has 0 amide bonds. The summed E-state index contributed by atoms with van der Waals surface area (Å²) in [5, 5.41) is 18.2. The van der Waals surface area contributed by atoms with Crippen molar-refractivity contribution in [2.45, 2.75) is 25.6 Å². The molecular weight excluding hydrogens is 223 g/mol. The van der Waals surface area contributed by atoms with Crippen LogP contribution in [0, 0.1) is 0 Å². The van der Waals surface area contributed by atoms with Crippen LogP contribution in [0.15, 0.2) is 12.1 Å². The predicted molar refractivity (Wildman–Crippen MR) is 52.1 cm³/mol. The van der Waals surface area contributed by atoms with Crippen LogP contribution >= 0.6 is 0 Å². The molecule has 0 aromatic heterocycles. The monoisotopic (exact) mass is 235 g/mol. The van der Waals surface area contributed by atoms with Gasteiger partial charge in [0.05, 0.1) is 5.56 Å². The molecule has 0 saturated carbocycles. The first-order valence-corrected chi connectivity index (χ1v) is 4.59. The Hall–Kier alpha value is -1.43. The Morgan fingerprint density at radius 3 is 2.19 bits per heavy atom. The Kier molecular flexibility index (Phi) is 3.32. The van der Waals surface area contributed by atoms with Crippen LogP contribution in [0.1, 0.15) is 18.1 Å². The minimum Gasteiger partial charge on any atom is -0.504 e. The number of aromatic hydroxyl groups is 2. The number of benzene rings is 1. The van der Waals surface area contributed by atoms with Gasteiger partial charge >= 0.3 is 6.18 Å². The minimum atomic E-state index is -4.57. The molecule has 1 rings (SSSR count). The summed E-state index contributed by atoms with van der Waals surface area (Å²) in [5.41, 5.74) is 4.31. The molecule has 0 saturated heterocycles. The molecular formula is C10H12F3NO2. The molecule has 0 heterocycles. The lowest BCUT2D eigenvalue weighted by Crippen LogP contribution is -2.20. The van der Waals surface area contributed by atoms with Crippen LogP contribution in [0.2, 0.25) is 0 Å². The molecule has 16 heavy (non-hydrogen) atoms. The summed E-state index contributed by atoms with van der Waals surface area (Å²) in [7, 11) is 0. The summed E-state index contributed by atoms with van der Waals surface area (Å²) < 4.78 is 37.7. The van der Waals surface area contributed by atoms with E-state index in [9.17, 15) is 13.2 Å². The molecule has 1 atom stereocenters. The molecule has 3 nitrogen and oxygen atoms in total. The highest BCUT2D eigenvalue weighted by Gasteiger charge is 2.34. The van der Waals surface area contributed by atoms with Crippen LogP contribution in [0.5, 0.6) is 11.5 Å². The molecule has 0 aliphatic carbocycles. The molecule has 0 aliphatic heterocycles. The fraction of sp³-hybridized carbons (Fsp3) is 0.400. The van der Waals surface area contributed by atoms with Crippen molar-refractivity contribution >= 4 is 0 Å². The fourth-order valence-corrected chi connectivity index (χ4v) is 1.40. The van der Waals surface area contributed by atoms with E-state index < -0.39 is 29.3 Å². The van der Waals surface area contributed by atoms with Gasteiger partial charge in [0.2, 0.25) is 0 Å². The van der Waals surface area contributed by atoms with Crippen LogP contribution in [0.25, 0.3) is 0 Å². The molecule has 0 spiro atoms. The van der Waals surface area contributed by atoms with Crippen molar-refractivity contribution in [3.8, 4) is 11.5 Å². The quantitative estimate of drug-likeness (QED) is 0.687. The normalized spacial score (nSPS) is 13.8. The third-order valence-corrected chi connectivity index (χ3v) is 2.05. The third kappa shape index (κ3) is 2.79. The number of phenols is 2. The maximum atomic E-state index is 12.6. The second kappa shape index (κ2) is 4.21. The van der Waals surface area contributed by atoms with Crippen molar-refractivity contribution in [3.63, 3.8) is 0 Å². The highest BCUT2D eigenvalue weighted by molar-refractivity contribution is 5.47. The zero-order valence-electron chi connectivity index (χ0n) is 8.54. The molecule has 4 N–H and O–H groups in total. The molecule has 0 radical (unpaired) electrons. The van der Waals surface area contributed by atoms with Crippen LogP contribution in [-0.2, 0) is 12.6 Å². The largest absolute Gasteiger partial charge is 0.504 e. The molecule has 1 unspecified atom stereocenters. The van der Waals surface area contributed by atoms with Crippen LogP contribution < -0.4 is 5.73 Å². The van der Waals surface area contributed by atoms with E-state index >= 15 is 0 Å². The van der Waals surface area contributed by atoms with Gasteiger partial charge in [0, 0.05) is 6.04 Å². The van der Waals surface area contributed by atoms with E-state index in [0.29, 0.717) is 6.07 Å². The van der Waals surface area contributed by atoms with E-state index in [-0.39, 0.29) is 12.0 Å². The van der Waals surface area contributed by atoms with Crippen LogP contribution in [0.3, 0.4) is 0 Å². The lowest BCUT2D eigenvalue weighted by molar-refractivity contribution is -0.138. The van der Waals surface area contributed by atoms with Gasteiger partial charge in [0.15, 0.2) is 11.5 Å². The highest BCUT2D eigenvalue weighted by atomic mass is 19.4. The van der Waals surface area contributed by atoms with Crippen molar-refractivity contribution in [2.75, 3.05) is 0 Å². The molecule has 90 valence electrons. The Morgan fingerprint density at radius 1 is 1.25 bits per heavy atom. The predicted octanol–water partition coefficient (Wildman–Crippen LogP) is 2.01. The first kappa shape index (κ1) is 12.6. The first-order valence-electron chi connectivity index (χ1n) is 4.59. The summed E-state index contributed by atoms with van der Waals surface area (Å²) in [5.74, 6) is -1.37. The first-order chi connectivity index (χ1) is 7.21. The van der Waals surface area contributed by atoms with Gasteiger partial charge in [-0.05, 0) is 31.0 Å². The molecule has 1 aromatic rings. The standard InChI is InChI=1S/C10H12F3NO2/c1-5(14)2-6-3-8(15)9(16)4-7(6)10(11,12)13/h3-5,15-16H,2,14H2,1H3. The van der Waals surface area contributed by atoms with Gasteiger partial charge in [0.1, 0.15) is 0 Å². The lowest BCUT2D eigenvalue weighted by Gasteiger charge is -2.15. The summed E-state index contributed by atoms with van der Waals surface area (Å²) in [6, 6.07) is 0.930. The maximum Gasteiger partial charge on any atom is 0.416 e. The number of phenolic OH excluding ortho intramolecular Hbond substituents is 2. The summed E-state index contributed by atoms with van der Waals surface area (Å²) in [4.78, 5) is 0. The molecule has 0 bridgehead atoms. The van der Waals surface area contributed by atoms with Gasteiger partial charge in [-0.3, -0.25) is 0 Å². The SMILES string of the molecule is CC(N)Cc1cc(O)c(O)cc1C(F)(F)F. The fourth-order valence-electron chi connectivity index (χ4n) is 1.40. The minimum absolute atomic E-state index is 0.0251. The van der Waals surface area contributed by atoms with Gasteiger partial charge in [-0.1, -0.05) is 0 Å². The van der Waals surface area contributed by atoms with E-state index in [1.165, 1.54) is 0 Å². The average Bonchev–Trinajstić information content (AvgIpc) is 2.08. The van der Waals surface area contributed by atoms with E-state index in [2.05, 4.69) is 0 Å². The van der Waals surface area contributed by atoms with Gasteiger partial charge in [-0.15, -0.1) is 0 Å². The van der Waals surface area contributed by atoms with E-state index in [1.807, 2.05) is 0 Å². The van der Waals surface area contributed by atoms with Crippen molar-refractivity contribution < 1.29 is 23.4 Å². The van der Waals surface area contributed by atoms with Crippen molar-refractivity contribution in [1.82, 2.24) is 0 Å². The topological polar surface area (TPSA) is 66.5 Å². The number of halogens is 3. The van der Waals surface area contributed by atoms with Gasteiger partial charge < -0.3 is 15.9 Å². The number of nitrogens with two attached hydrogens (primary N) is 1. The third-order valence-electron chi connectivity index (χ3n) is 2.05. The number of alkyl halides is 3. The Morgan fingerprint density at radius 2 is 1.75 bits per heavy atom. The van der Waals surface area contributed by atoms with Gasteiger partial charge in [-0.2, -0.15) is 13.2 Å². The summed E-state index contributed by atoms with van der Waals surface area (Å²) in [6.45, 7) is 1.56. The molecule has 0 aliphatic rings. The van der Waals surface area contributed by atoms with Gasteiger partial charge in [0.25, 0.3) is 0 Å². The van der Waals surface area contributed by atoms with Crippen molar-refractivity contribution in [1.29, 1.82) is 0 Å². The number of rotatable bonds is 2. The molecule has 1 aromatic carbocycles. The molecule has 6 heteroatoms. The Balaban J connectivity index is 3.28. The lowest BCUT2D eigenvalue weighted by atomic mass is 10.00.